The minimum atomic E-state index is -1.26. The normalized spacial score (nSPS) is 11.4. The molecule has 3 aromatic carbocycles. The number of carboxylic acid groups (broad SMARTS) is 1. The van der Waals surface area contributed by atoms with Gasteiger partial charge in [-0.3, -0.25) is 9.89 Å². The number of halogens is 1. The Morgan fingerprint density at radius 2 is 1.89 bits per heavy atom. The van der Waals surface area contributed by atoms with E-state index in [0.717, 1.165) is 0 Å². The average Bonchev–Trinajstić information content (AvgIpc) is 3.13. The van der Waals surface area contributed by atoms with Crippen LogP contribution in [0.4, 0.5) is 0 Å². The van der Waals surface area contributed by atoms with Gasteiger partial charge in [0.25, 0.3) is 5.56 Å². The summed E-state index contributed by atoms with van der Waals surface area (Å²) in [6.45, 7) is 6.23. The van der Waals surface area contributed by atoms with Gasteiger partial charge in [0.05, 0.1) is 33.9 Å². The second-order valence-electron chi connectivity index (χ2n) is 7.66. The smallest absolute Gasteiger partial charge is 0.279 e. The number of hydrogen-bond acceptors (Lipinski definition) is 5. The van der Waals surface area contributed by atoms with Crippen LogP contribution in [0.15, 0.2) is 71.5 Å². The molecule has 4 aromatic rings. The summed E-state index contributed by atoms with van der Waals surface area (Å²) in [6.07, 6.45) is 1.68. The molecule has 4 rings (SSSR count). The van der Waals surface area contributed by atoms with Crippen LogP contribution < -0.4 is 30.7 Å². The largest absolute Gasteiger partial charge is 0.545 e. The van der Waals surface area contributed by atoms with E-state index < -0.39 is 5.97 Å². The molecule has 0 fully saturated rings. The number of aromatic nitrogens is 2. The maximum absolute atomic E-state index is 13.0. The molecule has 0 spiro atoms. The van der Waals surface area contributed by atoms with Crippen LogP contribution in [-0.2, 0) is 6.61 Å². The maximum Gasteiger partial charge on any atom is 0.279 e. The number of hydrogen-bond donors (Lipinski definition) is 1. The molecule has 0 amide bonds. The van der Waals surface area contributed by atoms with Crippen LogP contribution in [0.25, 0.3) is 18.3 Å². The van der Waals surface area contributed by atoms with E-state index in [1.165, 1.54) is 16.8 Å². The quantitative estimate of drug-likeness (QED) is 0.410. The number of carboxylic acids is 1. The van der Waals surface area contributed by atoms with E-state index in [2.05, 4.69) is 11.7 Å². The van der Waals surface area contributed by atoms with Crippen molar-refractivity contribution in [2.24, 2.45) is 0 Å². The first-order chi connectivity index (χ1) is 16.9. The monoisotopic (exact) mass is 489 g/mol. The minimum absolute atomic E-state index is 0.0591. The van der Waals surface area contributed by atoms with Crippen molar-refractivity contribution in [1.29, 1.82) is 0 Å². The van der Waals surface area contributed by atoms with Crippen LogP contribution in [0.1, 0.15) is 28.4 Å². The molecule has 1 aromatic heterocycles. The summed E-state index contributed by atoms with van der Waals surface area (Å²) in [5.74, 6) is -0.553. The Bertz CT molecular complexity index is 1540. The molecule has 35 heavy (non-hydrogen) atoms. The Labute approximate surface area is 206 Å². The topological polar surface area (TPSA) is 96.4 Å². The lowest BCUT2D eigenvalue weighted by molar-refractivity contribution is -0.255. The summed E-state index contributed by atoms with van der Waals surface area (Å²) < 4.78 is 13.1. The predicted octanol–water partition coefficient (Wildman–Crippen LogP) is 2.40. The molecule has 0 aliphatic carbocycles. The molecule has 0 atom stereocenters. The highest BCUT2D eigenvalue weighted by Gasteiger charge is 2.13. The van der Waals surface area contributed by atoms with Crippen molar-refractivity contribution >= 4 is 30.2 Å². The van der Waals surface area contributed by atoms with Gasteiger partial charge in [0.2, 0.25) is 0 Å². The number of carbonyl (C=O) groups is 1. The number of nitrogens with zero attached hydrogens (tertiary/aromatic N) is 1. The van der Waals surface area contributed by atoms with Gasteiger partial charge in [-0.05, 0) is 60.0 Å². The number of aromatic amines is 1. The fourth-order valence-electron chi connectivity index (χ4n) is 3.59. The zero-order valence-corrected chi connectivity index (χ0v) is 19.7. The van der Waals surface area contributed by atoms with E-state index in [9.17, 15) is 14.7 Å². The summed E-state index contributed by atoms with van der Waals surface area (Å²) in [6, 6.07) is 18.9. The summed E-state index contributed by atoms with van der Waals surface area (Å²) in [4.78, 5) is 24.1. The number of para-hydroxylation sites is 1. The van der Waals surface area contributed by atoms with E-state index in [0.29, 0.717) is 45.5 Å². The van der Waals surface area contributed by atoms with Crippen molar-refractivity contribution in [2.75, 3.05) is 6.61 Å². The molecular weight excluding hydrogens is 468 g/mol. The van der Waals surface area contributed by atoms with Crippen molar-refractivity contribution < 1.29 is 19.4 Å². The first kappa shape index (κ1) is 23.9. The number of nitrogens with one attached hydrogen (secondary N) is 1. The van der Waals surface area contributed by atoms with Crippen molar-refractivity contribution in [2.45, 2.75) is 13.5 Å². The summed E-state index contributed by atoms with van der Waals surface area (Å²) in [7, 11) is 0. The Balaban J connectivity index is 1.69. The highest BCUT2D eigenvalue weighted by atomic mass is 35.5. The van der Waals surface area contributed by atoms with E-state index in [-0.39, 0.29) is 22.8 Å². The predicted molar refractivity (Wildman–Crippen MR) is 132 cm³/mol. The van der Waals surface area contributed by atoms with Gasteiger partial charge in [-0.2, -0.15) is 0 Å². The molecule has 0 radical (unpaired) electrons. The highest BCUT2D eigenvalue weighted by molar-refractivity contribution is 6.32. The summed E-state index contributed by atoms with van der Waals surface area (Å²) in [5, 5.41) is 15.2. The van der Waals surface area contributed by atoms with E-state index in [4.69, 9.17) is 21.1 Å². The fourth-order valence-corrected chi connectivity index (χ4v) is 3.86. The molecule has 7 nitrogen and oxygen atoms in total. The van der Waals surface area contributed by atoms with Gasteiger partial charge >= 0.3 is 0 Å². The Hall–Kier alpha value is -4.23. The Morgan fingerprint density at radius 1 is 1.11 bits per heavy atom. The zero-order valence-electron chi connectivity index (χ0n) is 18.9. The fraction of sp³-hybridized carbons (Fsp3) is 0.111. The third-order valence-electron chi connectivity index (χ3n) is 5.21. The average molecular weight is 490 g/mol. The van der Waals surface area contributed by atoms with E-state index in [1.54, 1.807) is 30.3 Å². The number of benzene rings is 3. The van der Waals surface area contributed by atoms with Crippen LogP contribution in [0.2, 0.25) is 5.02 Å². The second-order valence-corrected chi connectivity index (χ2v) is 8.07. The molecule has 0 unspecified atom stereocenters. The van der Waals surface area contributed by atoms with Gasteiger partial charge in [-0.1, -0.05) is 54.6 Å². The van der Waals surface area contributed by atoms with Gasteiger partial charge < -0.3 is 19.4 Å². The summed E-state index contributed by atoms with van der Waals surface area (Å²) in [5.41, 5.74) is 1.77. The van der Waals surface area contributed by atoms with Gasteiger partial charge in [0.1, 0.15) is 6.61 Å². The minimum Gasteiger partial charge on any atom is -0.545 e. The SMILES string of the molecule is C=c1[nH]n(-c2ccccc2)c(=O)/c1=C\c1cc(Cl)c(OCc2cccc(C(=O)[O-])c2)c(OCC)c1. The van der Waals surface area contributed by atoms with Crippen LogP contribution >= 0.6 is 11.6 Å². The molecule has 0 saturated heterocycles. The molecule has 0 bridgehead atoms. The standard InChI is InChI=1S/C27H23ClN2O5/c1-3-34-24-15-19(13-22-17(2)29-30(26(22)31)21-10-5-4-6-11-21)14-23(28)25(24)35-16-18-8-7-9-20(12-18)27(32)33/h4-15,29H,2-3,16H2,1H3,(H,32,33)/p-1/b22-13-. The third-order valence-corrected chi connectivity index (χ3v) is 5.49. The van der Waals surface area contributed by atoms with Crippen LogP contribution in [0.3, 0.4) is 0 Å². The van der Waals surface area contributed by atoms with Crippen molar-refractivity contribution in [3.63, 3.8) is 0 Å². The lowest BCUT2D eigenvalue weighted by atomic mass is 10.1. The van der Waals surface area contributed by atoms with Crippen LogP contribution in [0, 0.1) is 0 Å². The lowest BCUT2D eigenvalue weighted by Crippen LogP contribution is -2.33. The van der Waals surface area contributed by atoms with Crippen molar-refractivity contribution in [1.82, 2.24) is 9.78 Å². The third kappa shape index (κ3) is 5.31. The second kappa shape index (κ2) is 10.4. The van der Waals surface area contributed by atoms with Gasteiger partial charge in [-0.15, -0.1) is 0 Å². The number of ether oxygens (including phenoxy) is 2. The van der Waals surface area contributed by atoms with E-state index >= 15 is 0 Å². The number of rotatable bonds is 8. The first-order valence-corrected chi connectivity index (χ1v) is 11.2. The van der Waals surface area contributed by atoms with E-state index in [1.807, 2.05) is 37.3 Å². The Morgan fingerprint density at radius 3 is 2.60 bits per heavy atom. The molecule has 0 saturated carbocycles. The molecule has 8 heteroatoms. The van der Waals surface area contributed by atoms with Crippen molar-refractivity contribution in [3.8, 4) is 17.2 Å². The molecule has 1 heterocycles. The van der Waals surface area contributed by atoms with Gasteiger partial charge in [0, 0.05) is 0 Å². The molecule has 0 aliphatic rings. The van der Waals surface area contributed by atoms with Crippen LogP contribution in [0.5, 0.6) is 11.5 Å². The molecule has 178 valence electrons. The molecule has 0 aliphatic heterocycles. The highest BCUT2D eigenvalue weighted by Crippen LogP contribution is 2.37. The molecular formula is C27H22ClN2O5-. The van der Waals surface area contributed by atoms with Gasteiger partial charge in [0.15, 0.2) is 11.5 Å². The first-order valence-electron chi connectivity index (χ1n) is 10.8. The number of carbonyl (C=O) groups excluding carboxylic acids is 1. The Kier molecular flexibility index (Phi) is 7.08. The lowest BCUT2D eigenvalue weighted by Gasteiger charge is -2.15. The molecule has 1 N–H and O–H groups in total. The zero-order chi connectivity index (χ0) is 24.9. The maximum atomic E-state index is 13.0. The summed E-state index contributed by atoms with van der Waals surface area (Å²) >= 11 is 6.53. The number of H-pyrrole nitrogens is 1. The number of aromatic carboxylic acids is 1. The van der Waals surface area contributed by atoms with Crippen molar-refractivity contribution in [3.05, 3.63) is 109 Å². The van der Waals surface area contributed by atoms with Crippen LogP contribution in [-0.4, -0.2) is 22.4 Å². The van der Waals surface area contributed by atoms with Gasteiger partial charge in [-0.25, -0.2) is 4.68 Å².